The van der Waals surface area contributed by atoms with Crippen LogP contribution in [0.5, 0.6) is 0 Å². The summed E-state index contributed by atoms with van der Waals surface area (Å²) in [6, 6.07) is 3.39. The van der Waals surface area contributed by atoms with E-state index in [4.69, 9.17) is 9.15 Å². The molecule has 0 spiro atoms. The lowest BCUT2D eigenvalue weighted by molar-refractivity contribution is 0.0205. The normalized spacial score (nSPS) is 25.6. The summed E-state index contributed by atoms with van der Waals surface area (Å²) in [6.07, 6.45) is 6.34. The molecule has 0 radical (unpaired) electrons. The zero-order valence-corrected chi connectivity index (χ0v) is 9.65. The lowest BCUT2D eigenvalue weighted by Crippen LogP contribution is -2.23. The van der Waals surface area contributed by atoms with Crippen molar-refractivity contribution >= 4 is 5.78 Å². The van der Waals surface area contributed by atoms with Gasteiger partial charge in [-0.3, -0.25) is 4.79 Å². The predicted octanol–water partition coefficient (Wildman–Crippen LogP) is 3.06. The number of furan rings is 1. The van der Waals surface area contributed by atoms with Crippen LogP contribution in [0.25, 0.3) is 0 Å². The van der Waals surface area contributed by atoms with Gasteiger partial charge < -0.3 is 9.15 Å². The highest BCUT2D eigenvalue weighted by molar-refractivity contribution is 5.94. The van der Waals surface area contributed by atoms with Crippen molar-refractivity contribution in [2.75, 3.05) is 6.61 Å². The van der Waals surface area contributed by atoms with E-state index in [0.717, 1.165) is 18.8 Å². The molecule has 0 aromatic carbocycles. The standard InChI is InChI=1S/C13H18O3/c1-10-4-6-11(7-5-10)16-9-12(14)13-3-2-8-15-13/h2-3,8,10-11H,4-7,9H2,1H3. The summed E-state index contributed by atoms with van der Waals surface area (Å²) in [6.45, 7) is 2.41. The first kappa shape index (κ1) is 11.4. The van der Waals surface area contributed by atoms with E-state index < -0.39 is 0 Å². The van der Waals surface area contributed by atoms with E-state index in [9.17, 15) is 4.79 Å². The summed E-state index contributed by atoms with van der Waals surface area (Å²) in [5, 5.41) is 0. The van der Waals surface area contributed by atoms with E-state index in [0.29, 0.717) is 5.76 Å². The summed E-state index contributed by atoms with van der Waals surface area (Å²) in [7, 11) is 0. The third-order valence-corrected chi connectivity index (χ3v) is 3.21. The average molecular weight is 222 g/mol. The van der Waals surface area contributed by atoms with Gasteiger partial charge in [0.1, 0.15) is 6.61 Å². The highest BCUT2D eigenvalue weighted by atomic mass is 16.5. The fourth-order valence-corrected chi connectivity index (χ4v) is 2.10. The number of carbonyl (C=O) groups is 1. The summed E-state index contributed by atoms with van der Waals surface area (Å²) in [5.41, 5.74) is 0. The van der Waals surface area contributed by atoms with Gasteiger partial charge in [0.15, 0.2) is 5.76 Å². The minimum absolute atomic E-state index is 0.0661. The van der Waals surface area contributed by atoms with Crippen LogP contribution in [0.1, 0.15) is 43.2 Å². The van der Waals surface area contributed by atoms with Crippen LogP contribution < -0.4 is 0 Å². The SMILES string of the molecule is CC1CCC(OCC(=O)c2ccco2)CC1. The molecular formula is C13H18O3. The lowest BCUT2D eigenvalue weighted by atomic mass is 9.89. The Kier molecular flexibility index (Phi) is 3.78. The number of hydrogen-bond acceptors (Lipinski definition) is 3. The molecule has 1 aliphatic rings. The Hall–Kier alpha value is -1.09. The van der Waals surface area contributed by atoms with Gasteiger partial charge in [-0.15, -0.1) is 0 Å². The van der Waals surface area contributed by atoms with Crippen LogP contribution in [0.2, 0.25) is 0 Å². The van der Waals surface area contributed by atoms with Crippen molar-refractivity contribution < 1.29 is 13.9 Å². The first-order chi connectivity index (χ1) is 7.75. The molecule has 1 aliphatic carbocycles. The second kappa shape index (κ2) is 5.30. The molecule has 88 valence electrons. The maximum absolute atomic E-state index is 11.6. The molecule has 1 aromatic rings. The molecule has 0 atom stereocenters. The molecule has 3 nitrogen and oxygen atoms in total. The fourth-order valence-electron chi connectivity index (χ4n) is 2.10. The topological polar surface area (TPSA) is 39.4 Å². The van der Waals surface area contributed by atoms with E-state index >= 15 is 0 Å². The maximum atomic E-state index is 11.6. The molecule has 1 aromatic heterocycles. The third-order valence-electron chi connectivity index (χ3n) is 3.21. The monoisotopic (exact) mass is 222 g/mol. The summed E-state index contributed by atoms with van der Waals surface area (Å²) < 4.78 is 10.6. The van der Waals surface area contributed by atoms with Gasteiger partial charge in [-0.05, 0) is 43.7 Å². The van der Waals surface area contributed by atoms with Crippen molar-refractivity contribution in [2.45, 2.75) is 38.7 Å². The van der Waals surface area contributed by atoms with E-state index in [1.165, 1.54) is 19.1 Å². The van der Waals surface area contributed by atoms with Gasteiger partial charge in [-0.1, -0.05) is 6.92 Å². The molecule has 0 bridgehead atoms. The van der Waals surface area contributed by atoms with Crippen LogP contribution in [0.15, 0.2) is 22.8 Å². The van der Waals surface area contributed by atoms with E-state index in [1.807, 2.05) is 0 Å². The minimum atomic E-state index is -0.0661. The number of rotatable bonds is 4. The van der Waals surface area contributed by atoms with Crippen molar-refractivity contribution in [3.8, 4) is 0 Å². The van der Waals surface area contributed by atoms with Crippen LogP contribution in [-0.4, -0.2) is 18.5 Å². The number of hydrogen-bond donors (Lipinski definition) is 0. The van der Waals surface area contributed by atoms with Crippen LogP contribution in [0.4, 0.5) is 0 Å². The van der Waals surface area contributed by atoms with Gasteiger partial charge in [0.25, 0.3) is 0 Å². The number of Topliss-reactive ketones (excluding diaryl/α,β-unsaturated/α-hetero) is 1. The lowest BCUT2D eigenvalue weighted by Gasteiger charge is -2.25. The molecule has 0 aliphatic heterocycles. The predicted molar refractivity (Wildman–Crippen MR) is 60.4 cm³/mol. The molecule has 3 heteroatoms. The van der Waals surface area contributed by atoms with Gasteiger partial charge in [0.2, 0.25) is 5.78 Å². The summed E-state index contributed by atoms with van der Waals surface area (Å²) in [4.78, 5) is 11.6. The molecule has 0 unspecified atom stereocenters. The van der Waals surface area contributed by atoms with Crippen molar-refractivity contribution in [1.29, 1.82) is 0 Å². The molecule has 0 amide bonds. The Morgan fingerprint density at radius 3 is 2.81 bits per heavy atom. The largest absolute Gasteiger partial charge is 0.461 e. The first-order valence-electron chi connectivity index (χ1n) is 5.94. The van der Waals surface area contributed by atoms with E-state index in [1.54, 1.807) is 12.1 Å². The van der Waals surface area contributed by atoms with Gasteiger partial charge in [-0.2, -0.15) is 0 Å². The molecule has 1 fully saturated rings. The quantitative estimate of drug-likeness (QED) is 0.735. The first-order valence-corrected chi connectivity index (χ1v) is 5.94. The second-order valence-corrected chi connectivity index (χ2v) is 4.59. The van der Waals surface area contributed by atoms with Gasteiger partial charge in [0, 0.05) is 0 Å². The summed E-state index contributed by atoms with van der Waals surface area (Å²) >= 11 is 0. The van der Waals surface area contributed by atoms with Crippen LogP contribution in [0.3, 0.4) is 0 Å². The molecule has 0 saturated heterocycles. The number of carbonyl (C=O) groups excluding carboxylic acids is 1. The van der Waals surface area contributed by atoms with Gasteiger partial charge in [0.05, 0.1) is 12.4 Å². The molecule has 16 heavy (non-hydrogen) atoms. The summed E-state index contributed by atoms with van der Waals surface area (Å²) in [5.74, 6) is 1.13. The molecular weight excluding hydrogens is 204 g/mol. The maximum Gasteiger partial charge on any atom is 0.223 e. The smallest absolute Gasteiger partial charge is 0.223 e. The Morgan fingerprint density at radius 2 is 2.19 bits per heavy atom. The van der Waals surface area contributed by atoms with Crippen molar-refractivity contribution in [3.05, 3.63) is 24.2 Å². The fraction of sp³-hybridized carbons (Fsp3) is 0.615. The second-order valence-electron chi connectivity index (χ2n) is 4.59. The Morgan fingerprint density at radius 1 is 1.44 bits per heavy atom. The Bertz CT molecular complexity index is 321. The highest BCUT2D eigenvalue weighted by Crippen LogP contribution is 2.25. The highest BCUT2D eigenvalue weighted by Gasteiger charge is 2.20. The van der Waals surface area contributed by atoms with E-state index in [-0.39, 0.29) is 18.5 Å². The van der Waals surface area contributed by atoms with Crippen LogP contribution in [-0.2, 0) is 4.74 Å². The van der Waals surface area contributed by atoms with Crippen molar-refractivity contribution in [2.24, 2.45) is 5.92 Å². The van der Waals surface area contributed by atoms with Crippen molar-refractivity contribution in [1.82, 2.24) is 0 Å². The molecule has 1 saturated carbocycles. The molecule has 0 N–H and O–H groups in total. The van der Waals surface area contributed by atoms with Crippen LogP contribution in [0, 0.1) is 5.92 Å². The Balaban J connectivity index is 1.73. The van der Waals surface area contributed by atoms with Crippen molar-refractivity contribution in [3.63, 3.8) is 0 Å². The average Bonchev–Trinajstić information content (AvgIpc) is 2.81. The van der Waals surface area contributed by atoms with Gasteiger partial charge in [-0.25, -0.2) is 0 Å². The zero-order valence-electron chi connectivity index (χ0n) is 9.65. The molecule has 2 rings (SSSR count). The van der Waals surface area contributed by atoms with E-state index in [2.05, 4.69) is 6.92 Å². The zero-order chi connectivity index (χ0) is 11.4. The number of ketones is 1. The van der Waals surface area contributed by atoms with Crippen LogP contribution >= 0.6 is 0 Å². The molecule has 1 heterocycles. The van der Waals surface area contributed by atoms with Gasteiger partial charge >= 0.3 is 0 Å². The minimum Gasteiger partial charge on any atom is -0.461 e. The number of ether oxygens (including phenoxy) is 1. The Labute approximate surface area is 95.8 Å². The third kappa shape index (κ3) is 2.95.